The van der Waals surface area contributed by atoms with Gasteiger partial charge in [-0.15, -0.1) is 0 Å². The number of nitrogens with one attached hydrogen (secondary N) is 1. The van der Waals surface area contributed by atoms with E-state index in [4.69, 9.17) is 0 Å². The molecule has 2 atom stereocenters. The molecule has 0 aromatic heterocycles. The summed E-state index contributed by atoms with van der Waals surface area (Å²) in [5.74, 6) is 0.115. The molecule has 0 spiro atoms. The van der Waals surface area contributed by atoms with Gasteiger partial charge in [0.1, 0.15) is 0 Å². The Labute approximate surface area is 126 Å². The zero-order valence-electron chi connectivity index (χ0n) is 11.4. The molecule has 2 heterocycles. The number of likely N-dealkylation sites (tertiary alicyclic amines) is 1. The maximum atomic E-state index is 12.8. The van der Waals surface area contributed by atoms with Crippen LogP contribution in [0.15, 0.2) is 22.7 Å². The van der Waals surface area contributed by atoms with Gasteiger partial charge in [-0.2, -0.15) is 0 Å². The monoisotopic (exact) mass is 336 g/mol. The number of carbonyl (C=O) groups is 2. The van der Waals surface area contributed by atoms with E-state index in [0.29, 0.717) is 6.54 Å². The minimum Gasteiger partial charge on any atom is -0.354 e. The minimum atomic E-state index is -0.0246. The van der Waals surface area contributed by atoms with Gasteiger partial charge in [-0.1, -0.05) is 15.9 Å². The lowest BCUT2D eigenvalue weighted by atomic mass is 9.90. The number of carbonyl (C=O) groups excluding carboxylic acids is 2. The maximum absolute atomic E-state index is 12.8. The summed E-state index contributed by atoms with van der Waals surface area (Å²) in [6.45, 7) is 3.27. The van der Waals surface area contributed by atoms with Crippen LogP contribution >= 0.6 is 15.9 Å². The largest absolute Gasteiger partial charge is 0.354 e. The Morgan fingerprint density at radius 1 is 1.45 bits per heavy atom. The Hall–Kier alpha value is -1.36. The summed E-state index contributed by atoms with van der Waals surface area (Å²) in [7, 11) is 0. The molecule has 5 heteroatoms. The van der Waals surface area contributed by atoms with Crippen molar-refractivity contribution >= 4 is 27.7 Å². The summed E-state index contributed by atoms with van der Waals surface area (Å²) in [6.07, 6.45) is 1.79. The number of aryl methyl sites for hydroxylation is 1. The molecule has 2 saturated heterocycles. The molecule has 0 unspecified atom stereocenters. The summed E-state index contributed by atoms with van der Waals surface area (Å²) < 4.78 is 0.973. The van der Waals surface area contributed by atoms with Crippen LogP contribution in [0.5, 0.6) is 0 Å². The van der Waals surface area contributed by atoms with Gasteiger partial charge in [-0.05, 0) is 43.5 Å². The molecule has 1 aromatic rings. The number of halogens is 1. The molecule has 106 valence electrons. The van der Waals surface area contributed by atoms with Crippen molar-refractivity contribution in [1.82, 2.24) is 10.2 Å². The van der Waals surface area contributed by atoms with Crippen LogP contribution in [0.25, 0.3) is 0 Å². The number of piperidine rings is 1. The van der Waals surface area contributed by atoms with Gasteiger partial charge in [0.05, 0.1) is 12.0 Å². The second-order valence-electron chi connectivity index (χ2n) is 5.52. The van der Waals surface area contributed by atoms with E-state index in [1.54, 1.807) is 0 Å². The molecular weight excluding hydrogens is 320 g/mol. The Morgan fingerprint density at radius 2 is 2.25 bits per heavy atom. The van der Waals surface area contributed by atoms with E-state index >= 15 is 0 Å². The molecule has 0 bridgehead atoms. The van der Waals surface area contributed by atoms with E-state index in [0.717, 1.165) is 35.0 Å². The highest BCUT2D eigenvalue weighted by Crippen LogP contribution is 2.29. The predicted octanol–water partition coefficient (Wildman–Crippen LogP) is 2.11. The molecule has 20 heavy (non-hydrogen) atoms. The lowest BCUT2D eigenvalue weighted by Gasteiger charge is -2.36. The van der Waals surface area contributed by atoms with E-state index in [1.165, 1.54) is 0 Å². The van der Waals surface area contributed by atoms with Crippen LogP contribution in [-0.4, -0.2) is 35.8 Å². The van der Waals surface area contributed by atoms with Crippen LogP contribution in [0.3, 0.4) is 0 Å². The standard InChI is InChI=1S/C15H17BrN2O2/c1-9-7-10(16)4-5-11(9)15(20)18-6-2-3-12-13(18)8-17-14(12)19/h4-5,7,12-13H,2-3,6,8H2,1H3,(H,17,19)/t12-,13-/m1/s1. The number of amides is 2. The fourth-order valence-electron chi connectivity index (χ4n) is 3.23. The number of benzene rings is 1. The Bertz CT molecular complexity index is 573. The topological polar surface area (TPSA) is 49.4 Å². The van der Waals surface area contributed by atoms with Crippen molar-refractivity contribution in [3.63, 3.8) is 0 Å². The molecule has 2 aliphatic heterocycles. The minimum absolute atomic E-state index is 0.0202. The lowest BCUT2D eigenvalue weighted by molar-refractivity contribution is -0.123. The number of hydrogen-bond acceptors (Lipinski definition) is 2. The van der Waals surface area contributed by atoms with Crippen molar-refractivity contribution in [2.75, 3.05) is 13.1 Å². The van der Waals surface area contributed by atoms with Gasteiger partial charge in [0.25, 0.3) is 5.91 Å². The van der Waals surface area contributed by atoms with E-state index in [1.807, 2.05) is 30.0 Å². The average molecular weight is 337 g/mol. The predicted molar refractivity (Wildman–Crippen MR) is 79.4 cm³/mol. The first-order valence-corrected chi connectivity index (χ1v) is 7.72. The van der Waals surface area contributed by atoms with Crippen LogP contribution in [0.1, 0.15) is 28.8 Å². The summed E-state index contributed by atoms with van der Waals surface area (Å²) in [4.78, 5) is 26.4. The normalized spacial score (nSPS) is 25.3. The highest BCUT2D eigenvalue weighted by Gasteiger charge is 2.42. The van der Waals surface area contributed by atoms with Crippen LogP contribution < -0.4 is 5.32 Å². The highest BCUT2D eigenvalue weighted by molar-refractivity contribution is 9.10. The van der Waals surface area contributed by atoms with Crippen LogP contribution in [0, 0.1) is 12.8 Å². The van der Waals surface area contributed by atoms with E-state index in [-0.39, 0.29) is 23.8 Å². The smallest absolute Gasteiger partial charge is 0.254 e. The molecule has 0 saturated carbocycles. The van der Waals surface area contributed by atoms with Crippen molar-refractivity contribution in [3.8, 4) is 0 Å². The quantitative estimate of drug-likeness (QED) is 0.853. The highest BCUT2D eigenvalue weighted by atomic mass is 79.9. The molecule has 2 aliphatic rings. The molecule has 3 rings (SSSR count). The van der Waals surface area contributed by atoms with Gasteiger partial charge in [0, 0.05) is 23.1 Å². The average Bonchev–Trinajstić information content (AvgIpc) is 2.80. The molecule has 2 fully saturated rings. The van der Waals surface area contributed by atoms with Gasteiger partial charge in [-0.25, -0.2) is 0 Å². The maximum Gasteiger partial charge on any atom is 0.254 e. The molecule has 4 nitrogen and oxygen atoms in total. The summed E-state index contributed by atoms with van der Waals surface area (Å²) in [5.41, 5.74) is 1.69. The molecule has 1 N–H and O–H groups in total. The van der Waals surface area contributed by atoms with Crippen LogP contribution in [0.2, 0.25) is 0 Å². The first kappa shape index (κ1) is 13.6. The van der Waals surface area contributed by atoms with Crippen molar-refractivity contribution in [2.45, 2.75) is 25.8 Å². The van der Waals surface area contributed by atoms with E-state index < -0.39 is 0 Å². The SMILES string of the molecule is Cc1cc(Br)ccc1C(=O)N1CCC[C@H]2C(=O)NC[C@H]21. The Kier molecular flexibility index (Phi) is 3.54. The van der Waals surface area contributed by atoms with E-state index in [2.05, 4.69) is 21.2 Å². The van der Waals surface area contributed by atoms with Crippen molar-refractivity contribution < 1.29 is 9.59 Å². The number of hydrogen-bond donors (Lipinski definition) is 1. The molecule has 1 aromatic carbocycles. The van der Waals surface area contributed by atoms with Gasteiger partial charge in [-0.3, -0.25) is 9.59 Å². The van der Waals surface area contributed by atoms with Crippen molar-refractivity contribution in [2.24, 2.45) is 5.92 Å². The zero-order valence-corrected chi connectivity index (χ0v) is 12.9. The Morgan fingerprint density at radius 3 is 3.00 bits per heavy atom. The van der Waals surface area contributed by atoms with Crippen LogP contribution in [-0.2, 0) is 4.79 Å². The summed E-state index contributed by atoms with van der Waals surface area (Å²) >= 11 is 3.41. The van der Waals surface area contributed by atoms with Crippen molar-refractivity contribution in [1.29, 1.82) is 0 Å². The second kappa shape index (κ2) is 5.20. The van der Waals surface area contributed by atoms with E-state index in [9.17, 15) is 9.59 Å². The van der Waals surface area contributed by atoms with Gasteiger partial charge in [0.2, 0.25) is 5.91 Å². The lowest BCUT2D eigenvalue weighted by Crippen LogP contribution is -2.48. The van der Waals surface area contributed by atoms with Crippen LogP contribution in [0.4, 0.5) is 0 Å². The Balaban J connectivity index is 1.88. The first-order valence-electron chi connectivity index (χ1n) is 6.93. The molecule has 0 radical (unpaired) electrons. The zero-order chi connectivity index (χ0) is 14.3. The van der Waals surface area contributed by atoms with Crippen molar-refractivity contribution in [3.05, 3.63) is 33.8 Å². The first-order chi connectivity index (χ1) is 9.58. The molecule has 0 aliphatic carbocycles. The van der Waals surface area contributed by atoms with Gasteiger partial charge < -0.3 is 10.2 Å². The third kappa shape index (κ3) is 2.24. The second-order valence-corrected chi connectivity index (χ2v) is 6.43. The fraction of sp³-hybridized carbons (Fsp3) is 0.467. The molecule has 2 amide bonds. The van der Waals surface area contributed by atoms with Gasteiger partial charge in [0.15, 0.2) is 0 Å². The van der Waals surface area contributed by atoms with Gasteiger partial charge >= 0.3 is 0 Å². The summed E-state index contributed by atoms with van der Waals surface area (Å²) in [6, 6.07) is 5.72. The number of rotatable bonds is 1. The third-order valence-electron chi connectivity index (χ3n) is 4.28. The fourth-order valence-corrected chi connectivity index (χ4v) is 3.70. The third-order valence-corrected chi connectivity index (χ3v) is 4.77. The number of nitrogens with zero attached hydrogens (tertiary/aromatic N) is 1. The number of fused-ring (bicyclic) bond motifs is 1. The summed E-state index contributed by atoms with van der Waals surface area (Å²) in [5, 5.41) is 2.88. The molecular formula is C15H17BrN2O2.